The Balaban J connectivity index is 0.000000775. The molecule has 5 rings (SSSR count). The van der Waals surface area contributed by atoms with Crippen LogP contribution in [0.25, 0.3) is 10.9 Å². The molecule has 1 aromatic heterocycles. The SMILES string of the molecule is O=C1COc2ccc(S(=O)(=O)n3ccc4ccc(N5CCNCC5)cc43)cc2N1.O=CO. The van der Waals surface area contributed by atoms with Crippen LogP contribution in [-0.2, 0) is 19.6 Å². The van der Waals surface area contributed by atoms with Crippen LogP contribution in [0.15, 0.2) is 53.6 Å². The molecule has 3 aromatic rings. The summed E-state index contributed by atoms with van der Waals surface area (Å²) in [5.41, 5.74) is 1.99. The number of ether oxygens (including phenoxy) is 1. The van der Waals surface area contributed by atoms with Crippen molar-refractivity contribution in [3.05, 3.63) is 48.7 Å². The van der Waals surface area contributed by atoms with Crippen molar-refractivity contribution in [3.63, 3.8) is 0 Å². The monoisotopic (exact) mass is 458 g/mol. The van der Waals surface area contributed by atoms with E-state index in [1.54, 1.807) is 18.3 Å². The van der Waals surface area contributed by atoms with E-state index >= 15 is 0 Å². The minimum atomic E-state index is -3.84. The third-order valence-electron chi connectivity index (χ3n) is 5.26. The number of anilines is 2. The molecule has 32 heavy (non-hydrogen) atoms. The smallest absolute Gasteiger partial charge is 0.290 e. The summed E-state index contributed by atoms with van der Waals surface area (Å²) >= 11 is 0. The molecule has 0 bridgehead atoms. The maximum absolute atomic E-state index is 13.3. The second-order valence-electron chi connectivity index (χ2n) is 7.20. The Hall–Kier alpha value is -3.57. The van der Waals surface area contributed by atoms with Crippen LogP contribution in [0.5, 0.6) is 5.75 Å². The Morgan fingerprint density at radius 3 is 2.56 bits per heavy atom. The van der Waals surface area contributed by atoms with E-state index in [1.165, 1.54) is 16.1 Å². The van der Waals surface area contributed by atoms with Gasteiger partial charge in [0, 0.05) is 43.4 Å². The van der Waals surface area contributed by atoms with E-state index in [4.69, 9.17) is 14.6 Å². The predicted octanol–water partition coefficient (Wildman–Crippen LogP) is 1.32. The maximum atomic E-state index is 13.3. The lowest BCUT2D eigenvalue weighted by Crippen LogP contribution is -2.43. The second kappa shape index (κ2) is 8.89. The topological polar surface area (TPSA) is 130 Å². The number of rotatable bonds is 3. The first-order valence-electron chi connectivity index (χ1n) is 9.91. The summed E-state index contributed by atoms with van der Waals surface area (Å²) in [4.78, 5) is 22.3. The van der Waals surface area contributed by atoms with Crippen molar-refractivity contribution in [2.24, 2.45) is 0 Å². The number of hydrogen-bond donors (Lipinski definition) is 3. The molecule has 0 atom stereocenters. The highest BCUT2D eigenvalue weighted by atomic mass is 32.2. The maximum Gasteiger partial charge on any atom is 0.290 e. The van der Waals surface area contributed by atoms with Crippen molar-refractivity contribution < 1.29 is 27.9 Å². The van der Waals surface area contributed by atoms with E-state index in [1.807, 2.05) is 18.2 Å². The average Bonchev–Trinajstić information content (AvgIpc) is 3.24. The van der Waals surface area contributed by atoms with Gasteiger partial charge in [-0.1, -0.05) is 6.07 Å². The number of carbonyl (C=O) groups excluding carboxylic acids is 1. The van der Waals surface area contributed by atoms with Crippen LogP contribution in [0, 0.1) is 0 Å². The van der Waals surface area contributed by atoms with E-state index in [-0.39, 0.29) is 23.9 Å². The number of nitrogens with zero attached hydrogens (tertiary/aromatic N) is 2. The van der Waals surface area contributed by atoms with Gasteiger partial charge < -0.3 is 25.4 Å². The predicted molar refractivity (Wildman–Crippen MR) is 119 cm³/mol. The zero-order valence-corrected chi connectivity index (χ0v) is 17.8. The van der Waals surface area contributed by atoms with Gasteiger partial charge in [-0.2, -0.15) is 0 Å². The molecule has 0 saturated carbocycles. The first-order chi connectivity index (χ1) is 15.4. The molecule has 0 unspecified atom stereocenters. The number of benzene rings is 2. The fraction of sp³-hybridized carbons (Fsp3) is 0.238. The van der Waals surface area contributed by atoms with Crippen LogP contribution in [0.4, 0.5) is 11.4 Å². The van der Waals surface area contributed by atoms with E-state index < -0.39 is 10.0 Å². The molecule has 1 amide bonds. The summed E-state index contributed by atoms with van der Waals surface area (Å²) in [7, 11) is -3.84. The van der Waals surface area contributed by atoms with Gasteiger partial charge in [-0.25, -0.2) is 12.4 Å². The zero-order chi connectivity index (χ0) is 22.7. The van der Waals surface area contributed by atoms with Crippen LogP contribution in [-0.4, -0.2) is 62.7 Å². The van der Waals surface area contributed by atoms with Crippen LogP contribution in [0.1, 0.15) is 0 Å². The van der Waals surface area contributed by atoms with Crippen LogP contribution in [0.3, 0.4) is 0 Å². The summed E-state index contributed by atoms with van der Waals surface area (Å²) in [6.07, 6.45) is 1.57. The highest BCUT2D eigenvalue weighted by molar-refractivity contribution is 7.90. The first-order valence-corrected chi connectivity index (χ1v) is 11.3. The van der Waals surface area contributed by atoms with Crippen molar-refractivity contribution in [1.82, 2.24) is 9.29 Å². The van der Waals surface area contributed by atoms with E-state index in [0.29, 0.717) is 17.0 Å². The zero-order valence-electron chi connectivity index (χ0n) is 17.0. The van der Waals surface area contributed by atoms with E-state index in [9.17, 15) is 13.2 Å². The van der Waals surface area contributed by atoms with Crippen LogP contribution >= 0.6 is 0 Å². The Bertz CT molecular complexity index is 1260. The molecular weight excluding hydrogens is 436 g/mol. The molecule has 1 saturated heterocycles. The summed E-state index contributed by atoms with van der Waals surface area (Å²) in [5.74, 6) is 0.154. The second-order valence-corrected chi connectivity index (χ2v) is 9.01. The molecule has 3 N–H and O–H groups in total. The molecule has 11 heteroatoms. The number of amides is 1. The molecular formula is C21H22N4O6S. The number of nitrogens with one attached hydrogen (secondary N) is 2. The van der Waals surface area contributed by atoms with Crippen molar-refractivity contribution >= 4 is 44.7 Å². The van der Waals surface area contributed by atoms with Gasteiger partial charge in [-0.3, -0.25) is 9.59 Å². The Kier molecular flexibility index (Phi) is 6.01. The number of carboxylic acid groups (broad SMARTS) is 1. The van der Waals surface area contributed by atoms with Crippen LogP contribution < -0.4 is 20.3 Å². The van der Waals surface area contributed by atoms with Gasteiger partial charge in [-0.15, -0.1) is 0 Å². The van der Waals surface area contributed by atoms with Gasteiger partial charge in [0.15, 0.2) is 6.61 Å². The van der Waals surface area contributed by atoms with E-state index in [2.05, 4.69) is 15.5 Å². The third kappa shape index (κ3) is 4.12. The van der Waals surface area contributed by atoms with Crippen LogP contribution in [0.2, 0.25) is 0 Å². The summed E-state index contributed by atoms with van der Waals surface area (Å²) in [5, 5.41) is 13.7. The van der Waals surface area contributed by atoms with Gasteiger partial charge in [0.05, 0.1) is 16.1 Å². The van der Waals surface area contributed by atoms with Crippen molar-refractivity contribution in [3.8, 4) is 5.75 Å². The van der Waals surface area contributed by atoms with Crippen molar-refractivity contribution in [2.45, 2.75) is 4.90 Å². The van der Waals surface area contributed by atoms with Crippen molar-refractivity contribution in [1.29, 1.82) is 0 Å². The summed E-state index contributed by atoms with van der Waals surface area (Å²) in [6, 6.07) is 12.2. The Morgan fingerprint density at radius 2 is 1.81 bits per heavy atom. The minimum Gasteiger partial charge on any atom is -0.483 e. The number of fused-ring (bicyclic) bond motifs is 2. The number of piperazine rings is 1. The lowest BCUT2D eigenvalue weighted by Gasteiger charge is -2.29. The fourth-order valence-corrected chi connectivity index (χ4v) is 5.13. The lowest BCUT2D eigenvalue weighted by molar-refractivity contribution is -0.123. The van der Waals surface area contributed by atoms with Gasteiger partial charge in [0.25, 0.3) is 22.4 Å². The first kappa shape index (κ1) is 21.7. The highest BCUT2D eigenvalue weighted by Gasteiger charge is 2.24. The highest BCUT2D eigenvalue weighted by Crippen LogP contribution is 2.32. The molecule has 0 spiro atoms. The molecule has 1 fully saturated rings. The minimum absolute atomic E-state index is 0.0733. The molecule has 168 valence electrons. The van der Waals surface area contributed by atoms with Crippen molar-refractivity contribution in [2.75, 3.05) is 43.0 Å². The largest absolute Gasteiger partial charge is 0.483 e. The van der Waals surface area contributed by atoms with Gasteiger partial charge in [0.2, 0.25) is 0 Å². The molecule has 0 radical (unpaired) electrons. The van der Waals surface area contributed by atoms with Gasteiger partial charge in [-0.05, 0) is 36.4 Å². The summed E-state index contributed by atoms with van der Waals surface area (Å²) < 4.78 is 33.3. The third-order valence-corrected chi connectivity index (χ3v) is 6.95. The molecule has 2 aliphatic heterocycles. The van der Waals surface area contributed by atoms with Gasteiger partial charge >= 0.3 is 0 Å². The molecule has 10 nitrogen and oxygen atoms in total. The Morgan fingerprint density at radius 1 is 1.06 bits per heavy atom. The Labute approximate surface area is 184 Å². The van der Waals surface area contributed by atoms with E-state index in [0.717, 1.165) is 37.3 Å². The fourth-order valence-electron chi connectivity index (χ4n) is 3.76. The van der Waals surface area contributed by atoms with Gasteiger partial charge in [0.1, 0.15) is 5.75 Å². The lowest BCUT2D eigenvalue weighted by atomic mass is 10.2. The molecule has 2 aliphatic rings. The number of aromatic nitrogens is 1. The molecule has 0 aliphatic carbocycles. The number of hydrogen-bond acceptors (Lipinski definition) is 7. The molecule has 3 heterocycles. The average molecular weight is 458 g/mol. The standard InChI is InChI=1S/C20H20N4O4S.CH2O2/c25-20-13-28-19-4-3-16(12-17(19)22-20)29(26,27)24-8-5-14-1-2-15(11-18(14)24)23-9-6-21-7-10-23;2-1-3/h1-5,8,11-12,21H,6-7,9-10,13H2,(H,22,25);1H,(H,2,3). The summed E-state index contributed by atoms with van der Waals surface area (Å²) in [6.45, 7) is 3.24. The normalized spacial score (nSPS) is 15.8. The molecule has 2 aromatic carbocycles. The quantitative estimate of drug-likeness (QED) is 0.501. The number of carbonyl (C=O) groups is 2.